The van der Waals surface area contributed by atoms with E-state index in [0.29, 0.717) is 10.0 Å². The molecular formula is C15H14BrCl2N. The molecule has 1 nitrogen and oxygen atoms in total. The van der Waals surface area contributed by atoms with Crippen LogP contribution in [0.3, 0.4) is 0 Å². The summed E-state index contributed by atoms with van der Waals surface area (Å²) in [4.78, 5) is 0. The van der Waals surface area contributed by atoms with Crippen molar-refractivity contribution in [3.8, 4) is 0 Å². The van der Waals surface area contributed by atoms with Gasteiger partial charge >= 0.3 is 0 Å². The Morgan fingerprint density at radius 3 is 2.37 bits per heavy atom. The van der Waals surface area contributed by atoms with E-state index in [1.165, 1.54) is 5.56 Å². The van der Waals surface area contributed by atoms with E-state index in [4.69, 9.17) is 23.2 Å². The summed E-state index contributed by atoms with van der Waals surface area (Å²) in [7, 11) is 0. The van der Waals surface area contributed by atoms with Crippen LogP contribution in [0.5, 0.6) is 0 Å². The summed E-state index contributed by atoms with van der Waals surface area (Å²) >= 11 is 15.8. The van der Waals surface area contributed by atoms with Crippen LogP contribution in [0, 0.1) is 0 Å². The summed E-state index contributed by atoms with van der Waals surface area (Å²) < 4.78 is 0.803. The zero-order valence-electron chi connectivity index (χ0n) is 10.5. The van der Waals surface area contributed by atoms with E-state index >= 15 is 0 Å². The molecule has 0 aromatic heterocycles. The molecule has 4 heteroatoms. The second-order valence-corrected chi connectivity index (χ2v) is 5.85. The number of hydrogen-bond acceptors (Lipinski definition) is 1. The van der Waals surface area contributed by atoms with Crippen LogP contribution >= 0.6 is 39.1 Å². The minimum atomic E-state index is 0.218. The molecule has 1 atom stereocenters. The maximum absolute atomic E-state index is 6.26. The zero-order valence-corrected chi connectivity index (χ0v) is 13.6. The quantitative estimate of drug-likeness (QED) is 0.630. The summed E-state index contributed by atoms with van der Waals surface area (Å²) in [5, 5.41) is 4.53. The third kappa shape index (κ3) is 3.44. The SMILES string of the molecule is CCC(Nc1ccc(Br)c(Cl)c1Cl)c1ccccc1. The molecule has 100 valence electrons. The lowest BCUT2D eigenvalue weighted by Gasteiger charge is -2.20. The molecule has 2 aromatic rings. The van der Waals surface area contributed by atoms with Crippen LogP contribution in [-0.2, 0) is 0 Å². The third-order valence-electron chi connectivity index (χ3n) is 2.98. The van der Waals surface area contributed by atoms with Gasteiger partial charge in [-0.1, -0.05) is 60.5 Å². The van der Waals surface area contributed by atoms with E-state index in [0.717, 1.165) is 16.6 Å². The first-order valence-corrected chi connectivity index (χ1v) is 7.63. The summed E-state index contributed by atoms with van der Waals surface area (Å²) in [6, 6.07) is 14.4. The van der Waals surface area contributed by atoms with Gasteiger partial charge < -0.3 is 5.32 Å². The minimum Gasteiger partial charge on any atom is -0.377 e. The fraction of sp³-hybridized carbons (Fsp3) is 0.200. The molecule has 0 spiro atoms. The molecule has 0 radical (unpaired) electrons. The predicted octanol–water partition coefficient (Wildman–Crippen LogP) is 6.32. The van der Waals surface area contributed by atoms with Gasteiger partial charge in [0.25, 0.3) is 0 Å². The largest absolute Gasteiger partial charge is 0.377 e. The van der Waals surface area contributed by atoms with E-state index in [1.807, 2.05) is 30.3 Å². The highest BCUT2D eigenvalue weighted by molar-refractivity contribution is 9.10. The van der Waals surface area contributed by atoms with Gasteiger partial charge in [0.05, 0.1) is 21.8 Å². The van der Waals surface area contributed by atoms with Crippen LogP contribution in [0.25, 0.3) is 0 Å². The molecule has 0 bridgehead atoms. The van der Waals surface area contributed by atoms with Crippen LogP contribution in [0.15, 0.2) is 46.9 Å². The number of hydrogen-bond donors (Lipinski definition) is 1. The third-order valence-corrected chi connectivity index (χ3v) is 4.75. The van der Waals surface area contributed by atoms with Crippen molar-refractivity contribution in [3.05, 3.63) is 62.5 Å². The molecule has 0 aliphatic heterocycles. The van der Waals surface area contributed by atoms with E-state index in [9.17, 15) is 0 Å². The van der Waals surface area contributed by atoms with Gasteiger partial charge in [0, 0.05) is 4.47 Å². The van der Waals surface area contributed by atoms with Gasteiger partial charge in [-0.05, 0) is 40.0 Å². The lowest BCUT2D eigenvalue weighted by Crippen LogP contribution is -2.09. The number of benzene rings is 2. The van der Waals surface area contributed by atoms with Crippen molar-refractivity contribution < 1.29 is 0 Å². The van der Waals surface area contributed by atoms with Crippen LogP contribution in [0.2, 0.25) is 10.0 Å². The molecule has 1 N–H and O–H groups in total. The topological polar surface area (TPSA) is 12.0 Å². The maximum atomic E-state index is 6.26. The highest BCUT2D eigenvalue weighted by Crippen LogP contribution is 2.37. The van der Waals surface area contributed by atoms with E-state index < -0.39 is 0 Å². The van der Waals surface area contributed by atoms with Crippen molar-refractivity contribution in [2.75, 3.05) is 5.32 Å². The van der Waals surface area contributed by atoms with E-state index in [2.05, 4.69) is 40.3 Å². The fourth-order valence-corrected chi connectivity index (χ4v) is 2.76. The highest BCUT2D eigenvalue weighted by Gasteiger charge is 2.13. The van der Waals surface area contributed by atoms with Crippen molar-refractivity contribution in [2.24, 2.45) is 0 Å². The molecule has 0 aliphatic rings. The summed E-state index contributed by atoms with van der Waals surface area (Å²) in [5.74, 6) is 0. The Bertz CT molecular complexity index is 558. The van der Waals surface area contributed by atoms with Crippen LogP contribution in [-0.4, -0.2) is 0 Å². The normalized spacial score (nSPS) is 12.2. The van der Waals surface area contributed by atoms with Gasteiger partial charge in [0.2, 0.25) is 0 Å². The summed E-state index contributed by atoms with van der Waals surface area (Å²) in [5.41, 5.74) is 2.09. The Balaban J connectivity index is 2.27. The lowest BCUT2D eigenvalue weighted by molar-refractivity contribution is 0.749. The van der Waals surface area contributed by atoms with Gasteiger partial charge in [-0.2, -0.15) is 0 Å². The van der Waals surface area contributed by atoms with Crippen LogP contribution in [0.4, 0.5) is 5.69 Å². The molecule has 1 unspecified atom stereocenters. The van der Waals surface area contributed by atoms with Crippen LogP contribution < -0.4 is 5.32 Å². The number of halogens is 3. The number of nitrogens with one attached hydrogen (secondary N) is 1. The molecule has 0 saturated carbocycles. The van der Waals surface area contributed by atoms with Crippen molar-refractivity contribution in [1.29, 1.82) is 0 Å². The van der Waals surface area contributed by atoms with Crippen molar-refractivity contribution in [1.82, 2.24) is 0 Å². The van der Waals surface area contributed by atoms with Gasteiger partial charge in [-0.25, -0.2) is 0 Å². The first-order valence-electron chi connectivity index (χ1n) is 6.08. The molecular weight excluding hydrogens is 345 g/mol. The molecule has 0 amide bonds. The molecule has 0 aliphatic carbocycles. The van der Waals surface area contributed by atoms with Gasteiger partial charge in [-0.15, -0.1) is 0 Å². The summed E-state index contributed by atoms with van der Waals surface area (Å²) in [6.07, 6.45) is 0.966. The Morgan fingerprint density at radius 2 is 1.74 bits per heavy atom. The molecule has 2 aromatic carbocycles. The Morgan fingerprint density at radius 1 is 1.05 bits per heavy atom. The van der Waals surface area contributed by atoms with Crippen LogP contribution in [0.1, 0.15) is 24.9 Å². The molecule has 0 saturated heterocycles. The van der Waals surface area contributed by atoms with Crippen molar-refractivity contribution in [3.63, 3.8) is 0 Å². The average Bonchev–Trinajstić information content (AvgIpc) is 2.45. The first kappa shape index (κ1) is 14.7. The molecule has 0 fully saturated rings. The molecule has 19 heavy (non-hydrogen) atoms. The Labute approximate surface area is 132 Å². The van der Waals surface area contributed by atoms with E-state index in [1.54, 1.807) is 0 Å². The van der Waals surface area contributed by atoms with Crippen molar-refractivity contribution >= 4 is 44.8 Å². The lowest BCUT2D eigenvalue weighted by atomic mass is 10.0. The predicted molar refractivity (Wildman–Crippen MR) is 87.3 cm³/mol. The molecule has 0 heterocycles. The average molecular weight is 359 g/mol. The number of rotatable bonds is 4. The highest BCUT2D eigenvalue weighted by atomic mass is 79.9. The second kappa shape index (κ2) is 6.65. The summed E-state index contributed by atoms with van der Waals surface area (Å²) in [6.45, 7) is 2.14. The first-order chi connectivity index (χ1) is 9.13. The van der Waals surface area contributed by atoms with Gasteiger partial charge in [-0.3, -0.25) is 0 Å². The monoisotopic (exact) mass is 357 g/mol. The fourth-order valence-electron chi connectivity index (χ4n) is 1.93. The Kier molecular flexibility index (Phi) is 5.14. The van der Waals surface area contributed by atoms with Gasteiger partial charge in [0.15, 0.2) is 0 Å². The maximum Gasteiger partial charge on any atom is 0.0835 e. The smallest absolute Gasteiger partial charge is 0.0835 e. The number of anilines is 1. The van der Waals surface area contributed by atoms with Crippen molar-refractivity contribution in [2.45, 2.75) is 19.4 Å². The standard InChI is InChI=1S/C15H14BrCl2N/c1-2-12(10-6-4-3-5-7-10)19-13-9-8-11(16)14(17)15(13)18/h3-9,12,19H,2H2,1H3. The molecule has 2 rings (SSSR count). The zero-order chi connectivity index (χ0) is 13.8. The van der Waals surface area contributed by atoms with Gasteiger partial charge in [0.1, 0.15) is 0 Å². The Hall–Kier alpha value is -0.700. The second-order valence-electron chi connectivity index (χ2n) is 4.24. The van der Waals surface area contributed by atoms with E-state index in [-0.39, 0.29) is 6.04 Å². The minimum absolute atomic E-state index is 0.218.